The van der Waals surface area contributed by atoms with Crippen molar-refractivity contribution in [3.63, 3.8) is 0 Å². The van der Waals surface area contributed by atoms with Gasteiger partial charge in [-0.3, -0.25) is 9.59 Å². The third kappa shape index (κ3) is 4.68. The highest BCUT2D eigenvalue weighted by atomic mass is 19.4. The molecule has 1 heterocycles. The van der Waals surface area contributed by atoms with E-state index in [-0.39, 0.29) is 29.2 Å². The van der Waals surface area contributed by atoms with Gasteiger partial charge in [-0.2, -0.15) is 0 Å². The van der Waals surface area contributed by atoms with Crippen LogP contribution in [0.4, 0.5) is 17.6 Å². The number of carbonyl (C=O) groups is 2. The van der Waals surface area contributed by atoms with Crippen molar-refractivity contribution in [3.8, 4) is 11.6 Å². The standard InChI is InChI=1S/C22H20F4N2O4/c1-13-6-16(3-4-17(13)23)31-9-15(29)7-20-10-21(11-20,12-20)28-19(30)14-2-5-18(27-8-14)32-22(24,25)26/h2-6,8H,7,9-12H2,1H3,(H,28,30). The molecule has 2 bridgehead atoms. The molecule has 3 fully saturated rings. The highest BCUT2D eigenvalue weighted by molar-refractivity contribution is 5.95. The van der Waals surface area contributed by atoms with Crippen LogP contribution in [0.25, 0.3) is 0 Å². The molecule has 3 aliphatic rings. The maximum Gasteiger partial charge on any atom is 0.574 e. The van der Waals surface area contributed by atoms with E-state index in [0.29, 0.717) is 37.0 Å². The first-order chi connectivity index (χ1) is 15.0. The summed E-state index contributed by atoms with van der Waals surface area (Å²) in [4.78, 5) is 28.2. The molecule has 2 aromatic rings. The zero-order valence-electron chi connectivity index (χ0n) is 17.1. The lowest BCUT2D eigenvalue weighted by Crippen LogP contribution is -2.75. The lowest BCUT2D eigenvalue weighted by atomic mass is 9.38. The van der Waals surface area contributed by atoms with Crippen molar-refractivity contribution in [1.82, 2.24) is 10.3 Å². The normalized spacial score (nSPS) is 23.5. The highest BCUT2D eigenvalue weighted by Crippen LogP contribution is 2.69. The van der Waals surface area contributed by atoms with Gasteiger partial charge in [0.25, 0.3) is 5.91 Å². The highest BCUT2D eigenvalue weighted by Gasteiger charge is 2.68. The van der Waals surface area contributed by atoms with Gasteiger partial charge in [-0.15, -0.1) is 13.2 Å². The Balaban J connectivity index is 1.22. The number of alkyl halides is 3. The van der Waals surface area contributed by atoms with Crippen molar-refractivity contribution < 1.29 is 36.6 Å². The fourth-order valence-corrected chi connectivity index (χ4v) is 4.66. The molecule has 1 aromatic carbocycles. The summed E-state index contributed by atoms with van der Waals surface area (Å²) in [6.45, 7) is 1.50. The number of benzene rings is 1. The molecule has 1 amide bonds. The Hall–Kier alpha value is -3.17. The molecule has 0 spiro atoms. The topological polar surface area (TPSA) is 77.5 Å². The van der Waals surface area contributed by atoms with E-state index in [4.69, 9.17) is 4.74 Å². The number of aryl methyl sites for hydroxylation is 1. The van der Waals surface area contributed by atoms with Crippen molar-refractivity contribution >= 4 is 11.7 Å². The second kappa shape index (κ2) is 7.75. The van der Waals surface area contributed by atoms with Crippen LogP contribution in [0.3, 0.4) is 0 Å². The molecule has 0 unspecified atom stereocenters. The van der Waals surface area contributed by atoms with Gasteiger partial charge in [0, 0.05) is 24.2 Å². The van der Waals surface area contributed by atoms with Gasteiger partial charge in [-0.1, -0.05) is 0 Å². The van der Waals surface area contributed by atoms with Gasteiger partial charge in [0.1, 0.15) is 18.2 Å². The number of halogens is 4. The molecule has 5 rings (SSSR count). The van der Waals surface area contributed by atoms with E-state index < -0.39 is 23.7 Å². The third-order valence-electron chi connectivity index (χ3n) is 5.84. The summed E-state index contributed by atoms with van der Waals surface area (Å²) in [6, 6.07) is 6.48. The van der Waals surface area contributed by atoms with Crippen LogP contribution in [0.5, 0.6) is 11.6 Å². The Bertz CT molecular complexity index is 1030. The third-order valence-corrected chi connectivity index (χ3v) is 5.84. The summed E-state index contributed by atoms with van der Waals surface area (Å²) in [7, 11) is 0. The molecular formula is C22H20F4N2O4. The summed E-state index contributed by atoms with van der Waals surface area (Å²) < 4.78 is 59.0. The zero-order valence-corrected chi connectivity index (χ0v) is 17.1. The van der Waals surface area contributed by atoms with E-state index in [1.807, 2.05) is 0 Å². The number of carbonyl (C=O) groups excluding carboxylic acids is 2. The van der Waals surface area contributed by atoms with Crippen molar-refractivity contribution in [2.24, 2.45) is 5.41 Å². The molecule has 170 valence electrons. The minimum absolute atomic E-state index is 0.0731. The second-order valence-corrected chi connectivity index (χ2v) is 8.61. The Morgan fingerprint density at radius 2 is 1.88 bits per heavy atom. The first-order valence-corrected chi connectivity index (χ1v) is 9.92. The summed E-state index contributed by atoms with van der Waals surface area (Å²) in [5.74, 6) is -1.07. The van der Waals surface area contributed by atoms with Gasteiger partial charge in [0.05, 0.1) is 5.56 Å². The molecule has 0 radical (unpaired) electrons. The molecule has 32 heavy (non-hydrogen) atoms. The van der Waals surface area contributed by atoms with Crippen LogP contribution in [-0.4, -0.2) is 35.2 Å². The van der Waals surface area contributed by atoms with E-state index in [1.54, 1.807) is 6.92 Å². The monoisotopic (exact) mass is 452 g/mol. The zero-order chi connectivity index (χ0) is 23.1. The fourth-order valence-electron chi connectivity index (χ4n) is 4.66. The van der Waals surface area contributed by atoms with Gasteiger partial charge >= 0.3 is 6.36 Å². The average molecular weight is 452 g/mol. The molecule has 1 N–H and O–H groups in total. The quantitative estimate of drug-likeness (QED) is 0.610. The number of Topliss-reactive ketones (excluding diaryl/α,β-unsaturated/α-hetero) is 1. The summed E-state index contributed by atoms with van der Waals surface area (Å²) in [5, 5.41) is 2.89. The fraction of sp³-hybridized carbons (Fsp3) is 0.409. The first kappa shape index (κ1) is 22.0. The van der Waals surface area contributed by atoms with Crippen LogP contribution >= 0.6 is 0 Å². The SMILES string of the molecule is Cc1cc(OCC(=O)CC23CC(NC(=O)c4ccc(OC(F)(F)F)nc4)(C2)C3)ccc1F. The van der Waals surface area contributed by atoms with Gasteiger partial charge < -0.3 is 14.8 Å². The molecule has 3 saturated carbocycles. The number of hydrogen-bond acceptors (Lipinski definition) is 5. The molecule has 6 nitrogen and oxygen atoms in total. The minimum atomic E-state index is -4.85. The Labute approximate surface area is 180 Å². The number of nitrogens with zero attached hydrogens (tertiary/aromatic N) is 1. The summed E-state index contributed by atoms with van der Waals surface area (Å²) in [5.41, 5.74) is 0.00448. The van der Waals surface area contributed by atoms with E-state index in [1.165, 1.54) is 24.3 Å². The van der Waals surface area contributed by atoms with Crippen LogP contribution in [0.1, 0.15) is 41.6 Å². The predicted molar refractivity (Wildman–Crippen MR) is 104 cm³/mol. The largest absolute Gasteiger partial charge is 0.574 e. The van der Waals surface area contributed by atoms with Crippen LogP contribution in [0.2, 0.25) is 0 Å². The number of amides is 1. The van der Waals surface area contributed by atoms with Crippen LogP contribution in [0, 0.1) is 18.2 Å². The van der Waals surface area contributed by atoms with E-state index >= 15 is 0 Å². The van der Waals surface area contributed by atoms with E-state index in [2.05, 4.69) is 15.0 Å². The average Bonchev–Trinajstić information content (AvgIpc) is 2.65. The Morgan fingerprint density at radius 3 is 2.47 bits per heavy atom. The number of aromatic nitrogens is 1. The molecule has 0 atom stereocenters. The van der Waals surface area contributed by atoms with Gasteiger partial charge in [0.2, 0.25) is 5.88 Å². The molecule has 0 aliphatic heterocycles. The van der Waals surface area contributed by atoms with Gasteiger partial charge in [-0.25, -0.2) is 9.37 Å². The summed E-state index contributed by atoms with van der Waals surface area (Å²) >= 11 is 0. The predicted octanol–water partition coefficient (Wildman–Crippen LogP) is 4.12. The van der Waals surface area contributed by atoms with Gasteiger partial charge in [-0.05, 0) is 61.4 Å². The number of rotatable bonds is 8. The lowest BCUT2D eigenvalue weighted by Gasteiger charge is -2.70. The maximum atomic E-state index is 13.3. The minimum Gasteiger partial charge on any atom is -0.486 e. The second-order valence-electron chi connectivity index (χ2n) is 8.61. The molecule has 3 aliphatic carbocycles. The van der Waals surface area contributed by atoms with Crippen LogP contribution in [0.15, 0.2) is 36.5 Å². The molecule has 1 aromatic heterocycles. The summed E-state index contributed by atoms with van der Waals surface area (Å²) in [6.07, 6.45) is -1.55. The smallest absolute Gasteiger partial charge is 0.486 e. The number of pyridine rings is 1. The maximum absolute atomic E-state index is 13.3. The van der Waals surface area contributed by atoms with Crippen LogP contribution in [-0.2, 0) is 4.79 Å². The van der Waals surface area contributed by atoms with Crippen molar-refractivity contribution in [2.75, 3.05) is 6.61 Å². The lowest BCUT2D eigenvalue weighted by molar-refractivity contribution is -0.276. The van der Waals surface area contributed by atoms with Gasteiger partial charge in [0.15, 0.2) is 5.78 Å². The van der Waals surface area contributed by atoms with Crippen molar-refractivity contribution in [3.05, 3.63) is 53.5 Å². The Morgan fingerprint density at radius 1 is 1.16 bits per heavy atom. The number of ketones is 1. The van der Waals surface area contributed by atoms with Crippen LogP contribution < -0.4 is 14.8 Å². The first-order valence-electron chi connectivity index (χ1n) is 9.92. The molecule has 10 heteroatoms. The van der Waals surface area contributed by atoms with E-state index in [0.717, 1.165) is 12.3 Å². The number of nitrogens with one attached hydrogen (secondary N) is 1. The van der Waals surface area contributed by atoms with Crippen molar-refractivity contribution in [1.29, 1.82) is 0 Å². The Kier molecular flexibility index (Phi) is 5.34. The van der Waals surface area contributed by atoms with Crippen molar-refractivity contribution in [2.45, 2.75) is 44.5 Å². The molecule has 0 saturated heterocycles. The molecular weight excluding hydrogens is 432 g/mol. The van der Waals surface area contributed by atoms with E-state index in [9.17, 15) is 27.2 Å². The number of ether oxygens (including phenoxy) is 2. The number of hydrogen-bond donors (Lipinski definition) is 1.